The molecule has 0 unspecified atom stereocenters. The van der Waals surface area contributed by atoms with Crippen molar-refractivity contribution in [3.05, 3.63) is 42.1 Å². The van der Waals surface area contributed by atoms with Gasteiger partial charge in [-0.15, -0.1) is 0 Å². The number of nitrogens with zero attached hydrogens (tertiary/aromatic N) is 3. The third kappa shape index (κ3) is 4.08. The van der Waals surface area contributed by atoms with E-state index < -0.39 is 0 Å². The molecule has 0 atom stereocenters. The maximum atomic E-state index is 12.8. The Morgan fingerprint density at radius 2 is 1.70 bits per heavy atom. The highest BCUT2D eigenvalue weighted by Crippen LogP contribution is 2.17. The molecule has 0 aliphatic heterocycles. The van der Waals surface area contributed by atoms with Crippen LogP contribution in [0.2, 0.25) is 0 Å². The van der Waals surface area contributed by atoms with Gasteiger partial charge in [0.1, 0.15) is 0 Å². The van der Waals surface area contributed by atoms with Gasteiger partial charge in [-0.25, -0.2) is 0 Å². The Hall–Kier alpha value is -1.94. The van der Waals surface area contributed by atoms with Gasteiger partial charge in [-0.05, 0) is 39.8 Å². The summed E-state index contributed by atoms with van der Waals surface area (Å²) >= 11 is 0. The van der Waals surface area contributed by atoms with E-state index in [9.17, 15) is 4.79 Å². The van der Waals surface area contributed by atoms with Gasteiger partial charge in [-0.2, -0.15) is 0 Å². The van der Waals surface area contributed by atoms with Crippen molar-refractivity contribution in [2.24, 2.45) is 0 Å². The van der Waals surface area contributed by atoms with Crippen LogP contribution in [0.3, 0.4) is 0 Å². The summed E-state index contributed by atoms with van der Waals surface area (Å²) in [6, 6.07) is 10.6. The number of benzene rings is 1. The minimum Gasteiger partial charge on any atom is -0.340 e. The third-order valence-corrected chi connectivity index (χ3v) is 4.23. The average molecular weight is 313 g/mol. The molecule has 2 aromatic rings. The van der Waals surface area contributed by atoms with Gasteiger partial charge in [0.25, 0.3) is 5.91 Å². The zero-order valence-corrected chi connectivity index (χ0v) is 14.8. The highest BCUT2D eigenvalue weighted by molar-refractivity contribution is 6.05. The van der Waals surface area contributed by atoms with Crippen LogP contribution < -0.4 is 0 Å². The molecular weight excluding hydrogens is 286 g/mol. The number of carbonyl (C=O) groups excluding carboxylic acids is 1. The molecule has 124 valence electrons. The first-order chi connectivity index (χ1) is 10.9. The number of carbonyl (C=O) groups is 1. The lowest BCUT2D eigenvalue weighted by atomic mass is 10.1. The third-order valence-electron chi connectivity index (χ3n) is 4.23. The minimum atomic E-state index is 0.0294. The second-order valence-corrected chi connectivity index (χ2v) is 6.53. The Balaban J connectivity index is 2.13. The molecule has 2 rings (SSSR count). The highest BCUT2D eigenvalue weighted by Gasteiger charge is 2.18. The van der Waals surface area contributed by atoms with Gasteiger partial charge in [0.15, 0.2) is 0 Å². The number of likely N-dealkylation sites (N-methyl/N-ethyl adjacent to an activating group) is 1. The van der Waals surface area contributed by atoms with E-state index in [0.29, 0.717) is 24.2 Å². The summed E-state index contributed by atoms with van der Waals surface area (Å²) in [5.74, 6) is 0.0294. The number of aromatic nitrogens is 1. The molecule has 0 radical (unpaired) electrons. The topological polar surface area (TPSA) is 36.4 Å². The van der Waals surface area contributed by atoms with Gasteiger partial charge >= 0.3 is 0 Å². The molecule has 0 saturated heterocycles. The number of amides is 1. The van der Waals surface area contributed by atoms with E-state index in [0.717, 1.165) is 17.4 Å². The van der Waals surface area contributed by atoms with Crippen molar-refractivity contribution >= 4 is 16.8 Å². The Morgan fingerprint density at radius 1 is 1.04 bits per heavy atom. The van der Waals surface area contributed by atoms with Gasteiger partial charge in [0.05, 0.1) is 11.1 Å². The van der Waals surface area contributed by atoms with E-state index in [1.54, 1.807) is 11.1 Å². The second kappa shape index (κ2) is 7.55. The lowest BCUT2D eigenvalue weighted by Crippen LogP contribution is -2.43. The Morgan fingerprint density at radius 3 is 2.35 bits per heavy atom. The van der Waals surface area contributed by atoms with E-state index in [2.05, 4.69) is 37.6 Å². The first kappa shape index (κ1) is 17.4. The smallest absolute Gasteiger partial charge is 0.255 e. The second-order valence-electron chi connectivity index (χ2n) is 6.53. The zero-order valence-electron chi connectivity index (χ0n) is 14.8. The van der Waals surface area contributed by atoms with Crippen molar-refractivity contribution in [1.29, 1.82) is 0 Å². The predicted molar refractivity (Wildman–Crippen MR) is 95.7 cm³/mol. The lowest BCUT2D eigenvalue weighted by molar-refractivity contribution is 0.0756. The molecule has 23 heavy (non-hydrogen) atoms. The normalized spacial score (nSPS) is 11.7. The number of hydrogen-bond donors (Lipinski definition) is 0. The Kier molecular flexibility index (Phi) is 5.72. The molecule has 1 heterocycles. The van der Waals surface area contributed by atoms with Crippen molar-refractivity contribution < 1.29 is 4.79 Å². The van der Waals surface area contributed by atoms with E-state index >= 15 is 0 Å². The van der Waals surface area contributed by atoms with Crippen molar-refractivity contribution in [2.75, 3.05) is 20.1 Å². The van der Waals surface area contributed by atoms with Gasteiger partial charge in [-0.1, -0.05) is 18.2 Å². The van der Waals surface area contributed by atoms with Crippen LogP contribution in [-0.2, 0) is 0 Å². The first-order valence-electron chi connectivity index (χ1n) is 8.26. The number of para-hydroxylation sites is 1. The summed E-state index contributed by atoms with van der Waals surface area (Å²) in [6.45, 7) is 10.3. The SMILES string of the molecule is CC(C)N(CCN(C)C(=O)c1cccc2cccnc12)C(C)C. The molecule has 0 spiro atoms. The molecule has 0 bridgehead atoms. The summed E-state index contributed by atoms with van der Waals surface area (Å²) in [4.78, 5) is 21.3. The van der Waals surface area contributed by atoms with E-state index in [4.69, 9.17) is 0 Å². The van der Waals surface area contributed by atoms with Gasteiger partial charge in [0, 0.05) is 43.8 Å². The molecule has 0 fully saturated rings. The maximum Gasteiger partial charge on any atom is 0.255 e. The molecule has 0 N–H and O–H groups in total. The largest absolute Gasteiger partial charge is 0.340 e. The average Bonchev–Trinajstić information content (AvgIpc) is 2.53. The van der Waals surface area contributed by atoms with Gasteiger partial charge in [-0.3, -0.25) is 14.7 Å². The summed E-state index contributed by atoms with van der Waals surface area (Å²) < 4.78 is 0. The van der Waals surface area contributed by atoms with Gasteiger partial charge < -0.3 is 4.90 Å². The fourth-order valence-corrected chi connectivity index (χ4v) is 2.96. The number of fused-ring (bicyclic) bond motifs is 1. The quantitative estimate of drug-likeness (QED) is 0.820. The molecule has 4 heteroatoms. The first-order valence-corrected chi connectivity index (χ1v) is 8.26. The monoisotopic (exact) mass is 313 g/mol. The molecule has 0 saturated carbocycles. The zero-order chi connectivity index (χ0) is 17.0. The van der Waals surface area contributed by atoms with Crippen molar-refractivity contribution in [1.82, 2.24) is 14.8 Å². The fraction of sp³-hybridized carbons (Fsp3) is 0.474. The molecule has 0 aliphatic carbocycles. The number of rotatable bonds is 6. The van der Waals surface area contributed by atoms with Crippen molar-refractivity contribution in [3.8, 4) is 0 Å². The van der Waals surface area contributed by atoms with E-state index in [1.165, 1.54) is 0 Å². The molecular formula is C19H27N3O. The van der Waals surface area contributed by atoms with Crippen LogP contribution in [0, 0.1) is 0 Å². The summed E-state index contributed by atoms with van der Waals surface area (Å²) in [5, 5.41) is 0.998. The fourth-order valence-electron chi connectivity index (χ4n) is 2.96. The van der Waals surface area contributed by atoms with Crippen LogP contribution in [0.1, 0.15) is 38.1 Å². The summed E-state index contributed by atoms with van der Waals surface area (Å²) in [5.41, 5.74) is 1.45. The van der Waals surface area contributed by atoms with Crippen LogP contribution in [0.4, 0.5) is 0 Å². The van der Waals surface area contributed by atoms with Crippen LogP contribution in [-0.4, -0.2) is 52.9 Å². The summed E-state index contributed by atoms with van der Waals surface area (Å²) in [6.07, 6.45) is 1.73. The van der Waals surface area contributed by atoms with Crippen molar-refractivity contribution in [3.63, 3.8) is 0 Å². The van der Waals surface area contributed by atoms with Crippen molar-refractivity contribution in [2.45, 2.75) is 39.8 Å². The highest BCUT2D eigenvalue weighted by atomic mass is 16.2. The molecule has 1 aromatic heterocycles. The lowest BCUT2D eigenvalue weighted by Gasteiger charge is -2.32. The number of hydrogen-bond acceptors (Lipinski definition) is 3. The minimum absolute atomic E-state index is 0.0294. The van der Waals surface area contributed by atoms with Crippen LogP contribution in [0.25, 0.3) is 10.9 Å². The molecule has 1 amide bonds. The summed E-state index contributed by atoms with van der Waals surface area (Å²) in [7, 11) is 1.86. The standard InChI is InChI=1S/C19H27N3O/c1-14(2)22(15(3)4)13-12-21(5)19(23)17-10-6-8-16-9-7-11-20-18(16)17/h6-11,14-15H,12-13H2,1-5H3. The van der Waals surface area contributed by atoms with Crippen LogP contribution in [0.15, 0.2) is 36.5 Å². The van der Waals surface area contributed by atoms with E-state index in [-0.39, 0.29) is 5.91 Å². The molecule has 0 aliphatic rings. The molecule has 1 aromatic carbocycles. The maximum absolute atomic E-state index is 12.8. The Bertz CT molecular complexity index is 653. The number of pyridine rings is 1. The Labute approximate surface area is 139 Å². The predicted octanol–water partition coefficient (Wildman–Crippen LogP) is 3.43. The van der Waals surface area contributed by atoms with E-state index in [1.807, 2.05) is 37.4 Å². The molecule has 4 nitrogen and oxygen atoms in total. The van der Waals surface area contributed by atoms with Gasteiger partial charge in [0.2, 0.25) is 0 Å². The van der Waals surface area contributed by atoms with Crippen LogP contribution >= 0.6 is 0 Å². The van der Waals surface area contributed by atoms with Crippen LogP contribution in [0.5, 0.6) is 0 Å².